The van der Waals surface area contributed by atoms with E-state index >= 15 is 0 Å². The van der Waals surface area contributed by atoms with Crippen molar-refractivity contribution >= 4 is 5.96 Å². The van der Waals surface area contributed by atoms with E-state index in [-0.39, 0.29) is 6.10 Å². The van der Waals surface area contributed by atoms with Crippen LogP contribution in [-0.2, 0) is 15.9 Å². The zero-order valence-electron chi connectivity index (χ0n) is 15.0. The molecule has 2 atom stereocenters. The van der Waals surface area contributed by atoms with Gasteiger partial charge in [-0.1, -0.05) is 0 Å². The first-order valence-electron chi connectivity index (χ1n) is 9.68. The Hall–Kier alpha value is -1.53. The fourth-order valence-electron chi connectivity index (χ4n) is 3.30. The summed E-state index contributed by atoms with van der Waals surface area (Å²) in [6.07, 6.45) is 10.2. The second kappa shape index (κ2) is 10.5. The third-order valence-electron chi connectivity index (χ3n) is 4.75. The maximum atomic E-state index is 5.80. The Bertz CT molecular complexity index is 492. The maximum Gasteiger partial charge on any atom is 0.191 e. The molecule has 0 amide bonds. The Kier molecular flexibility index (Phi) is 7.64. The van der Waals surface area contributed by atoms with E-state index in [1.54, 1.807) is 6.26 Å². The summed E-state index contributed by atoms with van der Waals surface area (Å²) >= 11 is 0. The summed E-state index contributed by atoms with van der Waals surface area (Å²) in [5, 5.41) is 6.85. The lowest BCUT2D eigenvalue weighted by molar-refractivity contribution is 0.0122. The first-order chi connectivity index (χ1) is 12.4. The fourth-order valence-corrected chi connectivity index (χ4v) is 3.30. The smallest absolute Gasteiger partial charge is 0.191 e. The zero-order chi connectivity index (χ0) is 17.2. The number of guanidine groups is 1. The summed E-state index contributed by atoms with van der Waals surface area (Å²) in [5.74, 6) is 1.85. The van der Waals surface area contributed by atoms with Gasteiger partial charge in [0.1, 0.15) is 5.76 Å². The molecule has 2 saturated heterocycles. The number of nitrogens with one attached hydrogen (secondary N) is 2. The molecule has 2 aliphatic rings. The van der Waals surface area contributed by atoms with E-state index in [0.717, 1.165) is 70.3 Å². The van der Waals surface area contributed by atoms with Gasteiger partial charge in [-0.15, -0.1) is 0 Å². The van der Waals surface area contributed by atoms with E-state index in [1.165, 1.54) is 19.3 Å². The quantitative estimate of drug-likeness (QED) is 0.557. The van der Waals surface area contributed by atoms with Gasteiger partial charge in [0, 0.05) is 32.7 Å². The van der Waals surface area contributed by atoms with Crippen molar-refractivity contribution in [2.24, 2.45) is 4.99 Å². The average Bonchev–Trinajstić information content (AvgIpc) is 3.34. The van der Waals surface area contributed by atoms with Crippen LogP contribution < -0.4 is 10.6 Å². The molecule has 2 N–H and O–H groups in total. The Morgan fingerprint density at radius 3 is 2.64 bits per heavy atom. The molecule has 0 bridgehead atoms. The Morgan fingerprint density at radius 2 is 1.88 bits per heavy atom. The predicted octanol–water partition coefficient (Wildman–Crippen LogP) is 2.50. The molecule has 6 nitrogen and oxygen atoms in total. The van der Waals surface area contributed by atoms with E-state index in [9.17, 15) is 0 Å². The molecule has 1 aromatic heterocycles. The molecule has 2 aliphatic heterocycles. The number of hydrogen-bond acceptors (Lipinski definition) is 4. The molecule has 0 spiro atoms. The van der Waals surface area contributed by atoms with Crippen molar-refractivity contribution < 1.29 is 13.9 Å². The normalized spacial score (nSPS) is 24.4. The summed E-state index contributed by atoms with van der Waals surface area (Å²) in [5.41, 5.74) is 0. The number of furan rings is 1. The van der Waals surface area contributed by atoms with Gasteiger partial charge in [0.05, 0.1) is 25.0 Å². The van der Waals surface area contributed by atoms with E-state index in [2.05, 4.69) is 10.6 Å². The minimum absolute atomic E-state index is 0.269. The first-order valence-corrected chi connectivity index (χ1v) is 9.68. The number of nitrogens with zero attached hydrogens (tertiary/aromatic N) is 1. The van der Waals surface area contributed by atoms with Crippen molar-refractivity contribution in [1.82, 2.24) is 10.6 Å². The maximum absolute atomic E-state index is 5.80. The monoisotopic (exact) mass is 349 g/mol. The molecule has 0 aliphatic carbocycles. The molecule has 0 radical (unpaired) electrons. The van der Waals surface area contributed by atoms with Crippen molar-refractivity contribution in [3.63, 3.8) is 0 Å². The highest BCUT2D eigenvalue weighted by atomic mass is 16.5. The average molecular weight is 349 g/mol. The summed E-state index contributed by atoms with van der Waals surface area (Å²) in [7, 11) is 0. The largest absolute Gasteiger partial charge is 0.469 e. The molecule has 0 aromatic carbocycles. The van der Waals surface area contributed by atoms with Crippen LogP contribution >= 0.6 is 0 Å². The molecule has 2 unspecified atom stereocenters. The van der Waals surface area contributed by atoms with E-state index in [4.69, 9.17) is 18.9 Å². The van der Waals surface area contributed by atoms with Crippen LogP contribution in [0.15, 0.2) is 27.8 Å². The number of ether oxygens (including phenoxy) is 2. The van der Waals surface area contributed by atoms with Crippen molar-refractivity contribution in [2.45, 2.75) is 57.2 Å². The van der Waals surface area contributed by atoms with Gasteiger partial charge < -0.3 is 24.5 Å². The van der Waals surface area contributed by atoms with Crippen molar-refractivity contribution in [3.05, 3.63) is 24.2 Å². The van der Waals surface area contributed by atoms with Crippen LogP contribution in [0.25, 0.3) is 0 Å². The molecule has 3 rings (SSSR count). The number of rotatable bonds is 8. The SMILES string of the molecule is c1coc(CCNC(=NCC2CCCO2)NCCC2CCCCO2)c1. The van der Waals surface area contributed by atoms with Gasteiger partial charge >= 0.3 is 0 Å². The van der Waals surface area contributed by atoms with Gasteiger partial charge in [-0.25, -0.2) is 0 Å². The minimum atomic E-state index is 0.269. The topological polar surface area (TPSA) is 68.0 Å². The van der Waals surface area contributed by atoms with E-state index < -0.39 is 0 Å². The molecule has 0 saturated carbocycles. The summed E-state index contributed by atoms with van der Waals surface area (Å²) in [6.45, 7) is 4.17. The summed E-state index contributed by atoms with van der Waals surface area (Å²) in [6, 6.07) is 3.92. The predicted molar refractivity (Wildman–Crippen MR) is 97.9 cm³/mol. The Labute approximate surface area is 150 Å². The lowest BCUT2D eigenvalue weighted by atomic mass is 10.1. The Morgan fingerprint density at radius 1 is 1.04 bits per heavy atom. The highest BCUT2D eigenvalue weighted by Crippen LogP contribution is 2.15. The summed E-state index contributed by atoms with van der Waals surface area (Å²) < 4.78 is 16.8. The third-order valence-corrected chi connectivity index (χ3v) is 4.75. The highest BCUT2D eigenvalue weighted by molar-refractivity contribution is 5.79. The lowest BCUT2D eigenvalue weighted by Gasteiger charge is -2.23. The fraction of sp³-hybridized carbons (Fsp3) is 0.737. The van der Waals surface area contributed by atoms with Crippen LogP contribution in [0.4, 0.5) is 0 Å². The number of aliphatic imine (C=N–C) groups is 1. The standard InChI is InChI=1S/C19H31N3O3/c1-2-12-23-16(5-1)8-10-20-19(22-15-18-7-4-14-25-18)21-11-9-17-6-3-13-24-17/h3,6,13,16,18H,1-2,4-5,7-12,14-15H2,(H2,20,21,22). The van der Waals surface area contributed by atoms with Gasteiger partial charge in [-0.3, -0.25) is 4.99 Å². The molecular weight excluding hydrogens is 318 g/mol. The van der Waals surface area contributed by atoms with Gasteiger partial charge in [0.15, 0.2) is 5.96 Å². The zero-order valence-corrected chi connectivity index (χ0v) is 15.0. The first kappa shape index (κ1) is 18.3. The van der Waals surface area contributed by atoms with Crippen LogP contribution in [0, 0.1) is 0 Å². The van der Waals surface area contributed by atoms with Crippen molar-refractivity contribution in [2.75, 3.05) is 32.8 Å². The molecule has 3 heterocycles. The summed E-state index contributed by atoms with van der Waals surface area (Å²) in [4.78, 5) is 4.71. The second-order valence-corrected chi connectivity index (χ2v) is 6.78. The Balaban J connectivity index is 1.41. The van der Waals surface area contributed by atoms with Crippen molar-refractivity contribution in [1.29, 1.82) is 0 Å². The molecule has 6 heteroatoms. The van der Waals surface area contributed by atoms with Crippen LogP contribution in [0.3, 0.4) is 0 Å². The van der Waals surface area contributed by atoms with Gasteiger partial charge in [0.25, 0.3) is 0 Å². The van der Waals surface area contributed by atoms with Crippen LogP contribution in [0.2, 0.25) is 0 Å². The molecule has 2 fully saturated rings. The van der Waals surface area contributed by atoms with Gasteiger partial charge in [0.2, 0.25) is 0 Å². The molecule has 1 aromatic rings. The van der Waals surface area contributed by atoms with Crippen LogP contribution in [0.5, 0.6) is 0 Å². The van der Waals surface area contributed by atoms with Gasteiger partial charge in [-0.2, -0.15) is 0 Å². The molecule has 25 heavy (non-hydrogen) atoms. The minimum Gasteiger partial charge on any atom is -0.469 e. The highest BCUT2D eigenvalue weighted by Gasteiger charge is 2.16. The van der Waals surface area contributed by atoms with E-state index in [1.807, 2.05) is 12.1 Å². The van der Waals surface area contributed by atoms with Crippen LogP contribution in [0.1, 0.15) is 44.3 Å². The van der Waals surface area contributed by atoms with E-state index in [0.29, 0.717) is 6.10 Å². The second-order valence-electron chi connectivity index (χ2n) is 6.78. The third kappa shape index (κ3) is 6.71. The number of hydrogen-bond donors (Lipinski definition) is 2. The molecular formula is C19H31N3O3. The lowest BCUT2D eigenvalue weighted by Crippen LogP contribution is -2.40. The van der Waals surface area contributed by atoms with Gasteiger partial charge in [-0.05, 0) is 50.7 Å². The van der Waals surface area contributed by atoms with Crippen molar-refractivity contribution in [3.8, 4) is 0 Å². The molecule has 140 valence electrons. The van der Waals surface area contributed by atoms with Crippen LogP contribution in [-0.4, -0.2) is 51.0 Å².